The molecule has 1 N–H and O–H groups in total. The molecule has 100 valence electrons. The number of carboxylic acid groups (broad SMARTS) is 1. The smallest absolute Gasteiger partial charge is 0.310 e. The fourth-order valence-corrected chi connectivity index (χ4v) is 2.61. The van der Waals surface area contributed by atoms with Crippen LogP contribution in [0.5, 0.6) is 5.75 Å². The van der Waals surface area contributed by atoms with Gasteiger partial charge < -0.3 is 9.84 Å². The second-order valence-electron chi connectivity index (χ2n) is 4.09. The normalized spacial score (nSPS) is 12.1. The number of ether oxygens (including phenoxy) is 1. The number of hydrogen-bond donors (Lipinski definition) is 1. The summed E-state index contributed by atoms with van der Waals surface area (Å²) in [6.07, 6.45) is 0.480. The van der Waals surface area contributed by atoms with Crippen molar-refractivity contribution >= 4 is 28.9 Å². The van der Waals surface area contributed by atoms with Gasteiger partial charge in [-0.25, -0.2) is 0 Å². The van der Waals surface area contributed by atoms with Gasteiger partial charge in [-0.2, -0.15) is 0 Å². The van der Waals surface area contributed by atoms with E-state index in [1.54, 1.807) is 35.6 Å². The topological polar surface area (TPSA) is 46.5 Å². The zero-order valence-electron chi connectivity index (χ0n) is 10.1. The highest BCUT2D eigenvalue weighted by molar-refractivity contribution is 7.09. The molecule has 1 aromatic carbocycles. The van der Waals surface area contributed by atoms with E-state index < -0.39 is 11.9 Å². The molecule has 0 aliphatic carbocycles. The van der Waals surface area contributed by atoms with Gasteiger partial charge in [-0.1, -0.05) is 23.7 Å². The summed E-state index contributed by atoms with van der Waals surface area (Å²) in [5.41, 5.74) is 0. The maximum atomic E-state index is 11.2. The Morgan fingerprint density at radius 3 is 2.84 bits per heavy atom. The van der Waals surface area contributed by atoms with Gasteiger partial charge in [-0.3, -0.25) is 4.79 Å². The third kappa shape index (κ3) is 4.26. The lowest BCUT2D eigenvalue weighted by Gasteiger charge is -2.13. The molecular weight excluding hydrogens is 284 g/mol. The van der Waals surface area contributed by atoms with Gasteiger partial charge in [0.1, 0.15) is 12.4 Å². The van der Waals surface area contributed by atoms with Crippen LogP contribution in [0.4, 0.5) is 0 Å². The van der Waals surface area contributed by atoms with Crippen LogP contribution in [0.2, 0.25) is 5.02 Å². The Kier molecular flexibility index (Phi) is 4.82. The van der Waals surface area contributed by atoms with Gasteiger partial charge in [0.15, 0.2) is 0 Å². The predicted molar refractivity (Wildman–Crippen MR) is 76.1 cm³/mol. The fourth-order valence-electron chi connectivity index (χ4n) is 1.64. The third-order valence-corrected chi connectivity index (χ3v) is 3.76. The minimum atomic E-state index is -0.851. The molecule has 0 bridgehead atoms. The van der Waals surface area contributed by atoms with Crippen molar-refractivity contribution in [2.24, 2.45) is 5.92 Å². The van der Waals surface area contributed by atoms with E-state index in [4.69, 9.17) is 16.3 Å². The van der Waals surface area contributed by atoms with Crippen LogP contribution in [0.3, 0.4) is 0 Å². The van der Waals surface area contributed by atoms with E-state index in [1.807, 2.05) is 17.5 Å². The summed E-state index contributed by atoms with van der Waals surface area (Å²) < 4.78 is 5.50. The molecule has 19 heavy (non-hydrogen) atoms. The SMILES string of the molecule is O=C(O)C(COc1cccc(Cl)c1)Cc1cccs1. The lowest BCUT2D eigenvalue weighted by atomic mass is 10.1. The number of hydrogen-bond acceptors (Lipinski definition) is 3. The van der Waals surface area contributed by atoms with Crippen molar-refractivity contribution in [3.63, 3.8) is 0 Å². The highest BCUT2D eigenvalue weighted by Crippen LogP contribution is 2.20. The molecule has 0 radical (unpaired) electrons. The fraction of sp³-hybridized carbons (Fsp3) is 0.214. The molecule has 0 spiro atoms. The van der Waals surface area contributed by atoms with Crippen molar-refractivity contribution in [2.45, 2.75) is 6.42 Å². The Hall–Kier alpha value is -1.52. The van der Waals surface area contributed by atoms with Crippen LogP contribution < -0.4 is 4.74 Å². The molecule has 0 fully saturated rings. The summed E-state index contributed by atoms with van der Waals surface area (Å²) >= 11 is 7.40. The predicted octanol–water partition coefficient (Wildman–Crippen LogP) is 3.72. The molecule has 1 unspecified atom stereocenters. The quantitative estimate of drug-likeness (QED) is 0.883. The van der Waals surface area contributed by atoms with E-state index in [0.717, 1.165) is 4.88 Å². The minimum Gasteiger partial charge on any atom is -0.493 e. The van der Waals surface area contributed by atoms with Crippen molar-refractivity contribution < 1.29 is 14.6 Å². The van der Waals surface area contributed by atoms with E-state index in [2.05, 4.69) is 0 Å². The second-order valence-corrected chi connectivity index (χ2v) is 5.56. The third-order valence-electron chi connectivity index (χ3n) is 2.62. The average molecular weight is 297 g/mol. The van der Waals surface area contributed by atoms with Crippen molar-refractivity contribution in [3.8, 4) is 5.75 Å². The molecular formula is C14H13ClO3S. The molecule has 0 amide bonds. The summed E-state index contributed by atoms with van der Waals surface area (Å²) in [6, 6.07) is 10.8. The number of benzene rings is 1. The maximum Gasteiger partial charge on any atom is 0.310 e. The van der Waals surface area contributed by atoms with Gasteiger partial charge in [-0.15, -0.1) is 11.3 Å². The Labute approximate surface area is 120 Å². The van der Waals surface area contributed by atoms with E-state index >= 15 is 0 Å². The molecule has 0 aliphatic rings. The summed E-state index contributed by atoms with van der Waals surface area (Å²) in [4.78, 5) is 12.3. The van der Waals surface area contributed by atoms with E-state index in [9.17, 15) is 9.90 Å². The molecule has 0 aliphatic heterocycles. The van der Waals surface area contributed by atoms with Crippen molar-refractivity contribution in [1.82, 2.24) is 0 Å². The molecule has 3 nitrogen and oxygen atoms in total. The Balaban J connectivity index is 1.96. The molecule has 1 heterocycles. The van der Waals surface area contributed by atoms with Gasteiger partial charge in [-0.05, 0) is 36.1 Å². The number of carboxylic acids is 1. The first-order chi connectivity index (χ1) is 9.15. The first-order valence-electron chi connectivity index (χ1n) is 5.78. The number of rotatable bonds is 6. The maximum absolute atomic E-state index is 11.2. The summed E-state index contributed by atoms with van der Waals surface area (Å²) in [5, 5.41) is 11.7. The summed E-state index contributed by atoms with van der Waals surface area (Å²) in [5.74, 6) is -0.821. The first-order valence-corrected chi connectivity index (χ1v) is 7.04. The van der Waals surface area contributed by atoms with Gasteiger partial charge in [0.05, 0.1) is 5.92 Å². The molecule has 5 heteroatoms. The minimum absolute atomic E-state index is 0.133. The van der Waals surface area contributed by atoms with Gasteiger partial charge in [0.2, 0.25) is 0 Å². The van der Waals surface area contributed by atoms with E-state index in [1.165, 1.54) is 0 Å². The Morgan fingerprint density at radius 2 is 2.21 bits per heavy atom. The zero-order chi connectivity index (χ0) is 13.7. The highest BCUT2D eigenvalue weighted by Gasteiger charge is 2.19. The molecule has 0 saturated carbocycles. The monoisotopic (exact) mass is 296 g/mol. The lowest BCUT2D eigenvalue weighted by molar-refractivity contribution is -0.142. The van der Waals surface area contributed by atoms with Crippen LogP contribution in [0, 0.1) is 5.92 Å². The van der Waals surface area contributed by atoms with Crippen molar-refractivity contribution in [1.29, 1.82) is 0 Å². The van der Waals surface area contributed by atoms with Crippen LogP contribution in [0.15, 0.2) is 41.8 Å². The number of carbonyl (C=O) groups is 1. The molecule has 1 atom stereocenters. The Morgan fingerprint density at radius 1 is 1.37 bits per heavy atom. The highest BCUT2D eigenvalue weighted by atomic mass is 35.5. The largest absolute Gasteiger partial charge is 0.493 e. The van der Waals surface area contributed by atoms with Gasteiger partial charge in [0, 0.05) is 9.90 Å². The number of aliphatic carboxylic acids is 1. The number of halogens is 1. The first kappa shape index (κ1) is 13.9. The van der Waals surface area contributed by atoms with Crippen LogP contribution >= 0.6 is 22.9 Å². The standard InChI is InChI=1S/C14H13ClO3S/c15-11-3-1-4-12(8-11)18-9-10(14(16)17)7-13-5-2-6-19-13/h1-6,8,10H,7,9H2,(H,16,17). The van der Waals surface area contributed by atoms with Crippen molar-refractivity contribution in [3.05, 3.63) is 51.7 Å². The van der Waals surface area contributed by atoms with Crippen LogP contribution in [-0.2, 0) is 11.2 Å². The molecule has 2 aromatic rings. The van der Waals surface area contributed by atoms with E-state index in [0.29, 0.717) is 17.2 Å². The van der Waals surface area contributed by atoms with Crippen LogP contribution in [0.25, 0.3) is 0 Å². The molecule has 0 saturated heterocycles. The average Bonchev–Trinajstić information content (AvgIpc) is 2.87. The molecule has 2 rings (SSSR count). The van der Waals surface area contributed by atoms with Gasteiger partial charge in [0.25, 0.3) is 0 Å². The van der Waals surface area contributed by atoms with Gasteiger partial charge >= 0.3 is 5.97 Å². The second kappa shape index (κ2) is 6.59. The van der Waals surface area contributed by atoms with Crippen LogP contribution in [0.1, 0.15) is 4.88 Å². The summed E-state index contributed by atoms with van der Waals surface area (Å²) in [7, 11) is 0. The molecule has 1 aromatic heterocycles. The Bertz CT molecular complexity index is 539. The lowest BCUT2D eigenvalue weighted by Crippen LogP contribution is -2.23. The van der Waals surface area contributed by atoms with Crippen LogP contribution in [-0.4, -0.2) is 17.7 Å². The van der Waals surface area contributed by atoms with Crippen molar-refractivity contribution in [2.75, 3.05) is 6.61 Å². The zero-order valence-corrected chi connectivity index (χ0v) is 11.7. The summed E-state index contributed by atoms with van der Waals surface area (Å²) in [6.45, 7) is 0.133. The number of thiophene rings is 1. The van der Waals surface area contributed by atoms with E-state index in [-0.39, 0.29) is 6.61 Å².